The zero-order valence-electron chi connectivity index (χ0n) is 7.77. The van der Waals surface area contributed by atoms with Gasteiger partial charge in [-0.25, -0.2) is 0 Å². The van der Waals surface area contributed by atoms with Crippen molar-refractivity contribution in [1.29, 1.82) is 0 Å². The van der Waals surface area contributed by atoms with Gasteiger partial charge < -0.3 is 10.6 Å². The summed E-state index contributed by atoms with van der Waals surface area (Å²) in [6.45, 7) is 11.2. The summed E-state index contributed by atoms with van der Waals surface area (Å²) < 4.78 is 0. The van der Waals surface area contributed by atoms with Gasteiger partial charge in [-0.05, 0) is 19.0 Å². The monoisotopic (exact) mass is 166 g/mol. The highest BCUT2D eigenvalue weighted by molar-refractivity contribution is 5.04. The van der Waals surface area contributed by atoms with Crippen molar-refractivity contribution in [3.05, 3.63) is 37.7 Å². The zero-order chi connectivity index (χ0) is 9.40. The van der Waals surface area contributed by atoms with Gasteiger partial charge in [0, 0.05) is 12.7 Å². The van der Waals surface area contributed by atoms with Crippen LogP contribution < -0.4 is 10.6 Å². The van der Waals surface area contributed by atoms with Crippen LogP contribution in [0.1, 0.15) is 12.8 Å². The molecule has 0 rings (SSSR count). The lowest BCUT2D eigenvalue weighted by Crippen LogP contribution is -2.31. The molecule has 2 N–H and O–H groups in total. The van der Waals surface area contributed by atoms with Gasteiger partial charge in [0.05, 0.1) is 6.04 Å². The molecule has 0 aromatic heterocycles. The van der Waals surface area contributed by atoms with Gasteiger partial charge in [-0.15, -0.1) is 6.58 Å². The Balaban J connectivity index is 3.92. The van der Waals surface area contributed by atoms with Crippen LogP contribution in [-0.4, -0.2) is 13.1 Å². The molecule has 0 fully saturated rings. The molecule has 0 aliphatic heterocycles. The maximum atomic E-state index is 3.89. The Hall–Kier alpha value is -1.18. The van der Waals surface area contributed by atoms with Crippen LogP contribution in [-0.2, 0) is 0 Å². The van der Waals surface area contributed by atoms with Crippen molar-refractivity contribution in [3.63, 3.8) is 0 Å². The van der Waals surface area contributed by atoms with E-state index < -0.39 is 0 Å². The van der Waals surface area contributed by atoms with Gasteiger partial charge in [-0.3, -0.25) is 0 Å². The van der Waals surface area contributed by atoms with Crippen LogP contribution >= 0.6 is 0 Å². The number of hydrogen-bond donors (Lipinski definition) is 2. The van der Waals surface area contributed by atoms with Gasteiger partial charge in [-0.2, -0.15) is 0 Å². The van der Waals surface area contributed by atoms with Crippen molar-refractivity contribution in [2.75, 3.05) is 7.05 Å². The lowest BCUT2D eigenvalue weighted by Gasteiger charge is -2.18. The topological polar surface area (TPSA) is 24.1 Å². The minimum atomic E-state index is 0.255. The first-order valence-electron chi connectivity index (χ1n) is 4.10. The lowest BCUT2D eigenvalue weighted by molar-refractivity contribution is 0.589. The summed E-state index contributed by atoms with van der Waals surface area (Å²) in [6.07, 6.45) is 5.57. The molecule has 0 bridgehead atoms. The zero-order valence-corrected chi connectivity index (χ0v) is 7.77. The van der Waals surface area contributed by atoms with Crippen molar-refractivity contribution in [2.45, 2.75) is 18.9 Å². The Morgan fingerprint density at radius 3 is 2.58 bits per heavy atom. The molecule has 0 saturated heterocycles. The number of allylic oxidation sites excluding steroid dienone is 1. The lowest BCUT2D eigenvalue weighted by atomic mass is 10.1. The number of rotatable bonds is 7. The number of hydrogen-bond acceptors (Lipinski definition) is 2. The highest BCUT2D eigenvalue weighted by Crippen LogP contribution is 2.04. The first-order chi connectivity index (χ1) is 5.76. The van der Waals surface area contributed by atoms with Crippen molar-refractivity contribution >= 4 is 0 Å². The Morgan fingerprint density at radius 1 is 1.50 bits per heavy atom. The van der Waals surface area contributed by atoms with Crippen LogP contribution in [0.3, 0.4) is 0 Å². The van der Waals surface area contributed by atoms with E-state index in [9.17, 15) is 0 Å². The van der Waals surface area contributed by atoms with Gasteiger partial charge in [0.2, 0.25) is 0 Å². The fourth-order valence-electron chi connectivity index (χ4n) is 0.959. The van der Waals surface area contributed by atoms with Gasteiger partial charge in [-0.1, -0.05) is 19.2 Å². The van der Waals surface area contributed by atoms with Crippen LogP contribution in [0, 0.1) is 0 Å². The standard InChI is InChI=1S/C10H18N2/c1-5-7-8-10(12-6-2)9(3)11-4/h5-6,10-12H,1-3,7-8H2,4H3. The predicted molar refractivity (Wildman–Crippen MR) is 54.8 cm³/mol. The highest BCUT2D eigenvalue weighted by Gasteiger charge is 2.06. The van der Waals surface area contributed by atoms with Crippen molar-refractivity contribution in [2.24, 2.45) is 0 Å². The van der Waals surface area contributed by atoms with Crippen molar-refractivity contribution < 1.29 is 0 Å². The molecule has 68 valence electrons. The summed E-state index contributed by atoms with van der Waals surface area (Å²) in [5.74, 6) is 0. The van der Waals surface area contributed by atoms with E-state index in [1.165, 1.54) is 0 Å². The molecule has 0 aromatic carbocycles. The molecule has 0 aromatic rings. The third-order valence-electron chi connectivity index (χ3n) is 1.72. The molecule has 2 nitrogen and oxygen atoms in total. The third-order valence-corrected chi connectivity index (χ3v) is 1.72. The first kappa shape index (κ1) is 10.8. The SMILES string of the molecule is C=CCCC(NC=C)C(=C)NC. The first-order valence-corrected chi connectivity index (χ1v) is 4.10. The molecular formula is C10H18N2. The van der Waals surface area contributed by atoms with Crippen LogP contribution in [0.4, 0.5) is 0 Å². The van der Waals surface area contributed by atoms with Crippen molar-refractivity contribution in [1.82, 2.24) is 10.6 Å². The minimum absolute atomic E-state index is 0.255. The second kappa shape index (κ2) is 6.53. The fraction of sp³-hybridized carbons (Fsp3) is 0.400. The maximum absolute atomic E-state index is 3.89. The fourth-order valence-corrected chi connectivity index (χ4v) is 0.959. The Bertz CT molecular complexity index is 161. The summed E-state index contributed by atoms with van der Waals surface area (Å²) >= 11 is 0. The van der Waals surface area contributed by atoms with E-state index >= 15 is 0 Å². The molecule has 0 spiro atoms. The summed E-state index contributed by atoms with van der Waals surface area (Å²) in [7, 11) is 1.87. The Kier molecular flexibility index (Phi) is 5.88. The van der Waals surface area contributed by atoms with E-state index in [1.807, 2.05) is 13.1 Å². The molecule has 0 amide bonds. The Labute approximate surface area is 75.1 Å². The van der Waals surface area contributed by atoms with Gasteiger partial charge >= 0.3 is 0 Å². The molecule has 2 heteroatoms. The minimum Gasteiger partial charge on any atom is -0.390 e. The van der Waals surface area contributed by atoms with Gasteiger partial charge in [0.1, 0.15) is 0 Å². The van der Waals surface area contributed by atoms with Gasteiger partial charge in [0.25, 0.3) is 0 Å². The Morgan fingerprint density at radius 2 is 2.17 bits per heavy atom. The van der Waals surface area contributed by atoms with Crippen LogP contribution in [0.15, 0.2) is 37.7 Å². The summed E-state index contributed by atoms with van der Waals surface area (Å²) in [5.41, 5.74) is 0.983. The van der Waals surface area contributed by atoms with E-state index in [4.69, 9.17) is 0 Å². The van der Waals surface area contributed by atoms with E-state index in [1.54, 1.807) is 6.20 Å². The summed E-state index contributed by atoms with van der Waals surface area (Å²) in [6, 6.07) is 0.255. The molecule has 0 heterocycles. The predicted octanol–water partition coefficient (Wildman–Crippen LogP) is 1.79. The molecule has 1 unspecified atom stereocenters. The molecule has 0 aliphatic carbocycles. The maximum Gasteiger partial charge on any atom is 0.0651 e. The number of nitrogens with one attached hydrogen (secondary N) is 2. The molecule has 0 aliphatic rings. The van der Waals surface area contributed by atoms with Crippen LogP contribution in [0.2, 0.25) is 0 Å². The normalized spacial score (nSPS) is 11.4. The molecule has 1 atom stereocenters. The highest BCUT2D eigenvalue weighted by atomic mass is 15.0. The van der Waals surface area contributed by atoms with Gasteiger partial charge in [0.15, 0.2) is 0 Å². The molecule has 0 radical (unpaired) electrons. The molecule has 0 saturated carbocycles. The summed E-state index contributed by atoms with van der Waals surface area (Å²) in [5, 5.41) is 6.14. The van der Waals surface area contributed by atoms with Crippen LogP contribution in [0.5, 0.6) is 0 Å². The quantitative estimate of drug-likeness (QED) is 0.563. The van der Waals surface area contributed by atoms with E-state index in [0.29, 0.717) is 0 Å². The van der Waals surface area contributed by atoms with E-state index in [-0.39, 0.29) is 6.04 Å². The summed E-state index contributed by atoms with van der Waals surface area (Å²) in [4.78, 5) is 0. The third kappa shape index (κ3) is 3.86. The second-order valence-corrected chi connectivity index (χ2v) is 2.56. The molecular weight excluding hydrogens is 148 g/mol. The smallest absolute Gasteiger partial charge is 0.0651 e. The largest absolute Gasteiger partial charge is 0.390 e. The average molecular weight is 166 g/mol. The number of likely N-dealkylation sites (N-methyl/N-ethyl adjacent to an activating group) is 1. The molecule has 12 heavy (non-hydrogen) atoms. The van der Waals surface area contributed by atoms with Crippen LogP contribution in [0.25, 0.3) is 0 Å². The second-order valence-electron chi connectivity index (χ2n) is 2.56. The average Bonchev–Trinajstić information content (AvgIpc) is 2.11. The van der Waals surface area contributed by atoms with E-state index in [0.717, 1.165) is 18.5 Å². The van der Waals surface area contributed by atoms with Crippen molar-refractivity contribution in [3.8, 4) is 0 Å². The van der Waals surface area contributed by atoms with E-state index in [2.05, 4.69) is 30.4 Å².